The van der Waals surface area contributed by atoms with Crippen molar-refractivity contribution >= 4 is 34.5 Å². The minimum absolute atomic E-state index is 0.0449. The molecule has 0 saturated heterocycles. The Bertz CT molecular complexity index is 1800. The van der Waals surface area contributed by atoms with Crippen LogP contribution < -0.4 is 16.4 Å². The standard InChI is InChI=1S/C27H25N7O5/c1-32(2)26(37)18-6-4-5-16(11-18)14-29-25(36)21-13-19(31-23-9-10-30-34(21)23)24(35)28-15-17-7-8-22-20(12-17)33(3)27(38)39-22/h4-13H,14-15H2,1-3H3,(H,28,35)(H,29,36). The number of amides is 3. The summed E-state index contributed by atoms with van der Waals surface area (Å²) in [5, 5.41) is 9.78. The van der Waals surface area contributed by atoms with Gasteiger partial charge in [0.15, 0.2) is 11.2 Å². The number of benzene rings is 2. The molecule has 0 fully saturated rings. The van der Waals surface area contributed by atoms with E-state index in [9.17, 15) is 19.2 Å². The number of rotatable bonds is 7. The number of oxazole rings is 1. The average Bonchev–Trinajstić information content (AvgIpc) is 3.53. The summed E-state index contributed by atoms with van der Waals surface area (Å²) < 4.78 is 7.88. The fourth-order valence-electron chi connectivity index (χ4n) is 4.09. The molecule has 0 unspecified atom stereocenters. The Balaban J connectivity index is 1.32. The molecule has 0 saturated carbocycles. The monoisotopic (exact) mass is 527 g/mol. The van der Waals surface area contributed by atoms with Crippen molar-refractivity contribution in [3.05, 3.63) is 99.4 Å². The van der Waals surface area contributed by atoms with E-state index >= 15 is 0 Å². The highest BCUT2D eigenvalue weighted by atomic mass is 16.4. The fourth-order valence-corrected chi connectivity index (χ4v) is 4.09. The molecule has 3 amide bonds. The molecule has 0 aliphatic rings. The van der Waals surface area contributed by atoms with Gasteiger partial charge in [-0.15, -0.1) is 0 Å². The lowest BCUT2D eigenvalue weighted by Crippen LogP contribution is -2.28. The number of aromatic nitrogens is 4. The highest BCUT2D eigenvalue weighted by Gasteiger charge is 2.18. The predicted molar refractivity (Wildman–Crippen MR) is 141 cm³/mol. The van der Waals surface area contributed by atoms with Gasteiger partial charge in [-0.1, -0.05) is 18.2 Å². The minimum Gasteiger partial charge on any atom is -0.408 e. The second-order valence-corrected chi connectivity index (χ2v) is 9.12. The zero-order valence-corrected chi connectivity index (χ0v) is 21.5. The van der Waals surface area contributed by atoms with E-state index in [4.69, 9.17) is 4.42 Å². The van der Waals surface area contributed by atoms with E-state index in [0.29, 0.717) is 22.3 Å². The normalized spacial score (nSPS) is 11.1. The quantitative estimate of drug-likeness (QED) is 0.328. The Hall–Kier alpha value is -5.26. The van der Waals surface area contributed by atoms with Gasteiger partial charge in [0, 0.05) is 51.9 Å². The first-order chi connectivity index (χ1) is 18.7. The first kappa shape index (κ1) is 25.4. The van der Waals surface area contributed by atoms with E-state index in [2.05, 4.69) is 20.7 Å². The van der Waals surface area contributed by atoms with Crippen molar-refractivity contribution in [2.24, 2.45) is 7.05 Å². The van der Waals surface area contributed by atoms with Gasteiger partial charge in [0.05, 0.1) is 11.7 Å². The van der Waals surface area contributed by atoms with Gasteiger partial charge in [-0.25, -0.2) is 14.3 Å². The number of aryl methyl sites for hydroxylation is 1. The molecular formula is C27H25N7O5. The van der Waals surface area contributed by atoms with Gasteiger partial charge >= 0.3 is 5.76 Å². The second kappa shape index (κ2) is 10.2. The highest BCUT2D eigenvalue weighted by molar-refractivity contribution is 5.98. The lowest BCUT2D eigenvalue weighted by molar-refractivity contribution is 0.0827. The van der Waals surface area contributed by atoms with Crippen molar-refractivity contribution in [3.8, 4) is 0 Å². The Labute approximate surface area is 221 Å². The number of hydrogen-bond acceptors (Lipinski definition) is 7. The molecule has 0 spiro atoms. The summed E-state index contributed by atoms with van der Waals surface area (Å²) in [6, 6.07) is 15.1. The molecule has 0 atom stereocenters. The van der Waals surface area contributed by atoms with Gasteiger partial charge in [0.1, 0.15) is 11.4 Å². The lowest BCUT2D eigenvalue weighted by atomic mass is 10.1. The molecule has 5 rings (SSSR count). The van der Waals surface area contributed by atoms with Gasteiger partial charge in [0.25, 0.3) is 17.7 Å². The van der Waals surface area contributed by atoms with Gasteiger partial charge < -0.3 is 20.0 Å². The predicted octanol–water partition coefficient (Wildman–Crippen LogP) is 1.74. The van der Waals surface area contributed by atoms with Crippen molar-refractivity contribution < 1.29 is 18.8 Å². The van der Waals surface area contributed by atoms with Crippen LogP contribution in [-0.4, -0.2) is 55.9 Å². The topological polar surface area (TPSA) is 144 Å². The molecule has 0 radical (unpaired) electrons. The maximum Gasteiger partial charge on any atom is 0.419 e. The molecule has 5 aromatic rings. The Morgan fingerprint density at radius 2 is 1.69 bits per heavy atom. The van der Waals surface area contributed by atoms with E-state index in [1.54, 1.807) is 69.7 Å². The molecule has 3 aromatic heterocycles. The molecule has 198 valence electrons. The molecule has 3 heterocycles. The van der Waals surface area contributed by atoms with Crippen LogP contribution in [0.5, 0.6) is 0 Å². The van der Waals surface area contributed by atoms with Crippen LogP contribution in [0.15, 0.2) is 70.0 Å². The van der Waals surface area contributed by atoms with Crippen molar-refractivity contribution in [1.82, 2.24) is 34.7 Å². The molecule has 0 aliphatic heterocycles. The van der Waals surface area contributed by atoms with E-state index in [0.717, 1.165) is 11.1 Å². The summed E-state index contributed by atoms with van der Waals surface area (Å²) in [7, 11) is 4.95. The van der Waals surface area contributed by atoms with Crippen LogP contribution in [0.3, 0.4) is 0 Å². The molecule has 0 bridgehead atoms. The van der Waals surface area contributed by atoms with Gasteiger partial charge in [-0.3, -0.25) is 19.0 Å². The van der Waals surface area contributed by atoms with Crippen molar-refractivity contribution in [1.29, 1.82) is 0 Å². The molecule has 12 heteroatoms. The minimum atomic E-state index is -0.483. The Kier molecular flexibility index (Phi) is 6.67. The maximum atomic E-state index is 13.1. The molecule has 2 N–H and O–H groups in total. The van der Waals surface area contributed by atoms with E-state index < -0.39 is 17.6 Å². The van der Waals surface area contributed by atoms with Crippen molar-refractivity contribution in [2.45, 2.75) is 13.1 Å². The zero-order chi connectivity index (χ0) is 27.7. The molecule has 12 nitrogen and oxygen atoms in total. The van der Waals surface area contributed by atoms with Crippen LogP contribution in [0.4, 0.5) is 0 Å². The summed E-state index contributed by atoms with van der Waals surface area (Å²) in [6.45, 7) is 0.336. The highest BCUT2D eigenvalue weighted by Crippen LogP contribution is 2.15. The van der Waals surface area contributed by atoms with Crippen LogP contribution in [0.1, 0.15) is 42.5 Å². The van der Waals surface area contributed by atoms with Crippen LogP contribution in [0.25, 0.3) is 16.7 Å². The number of nitrogens with one attached hydrogen (secondary N) is 2. The third-order valence-electron chi connectivity index (χ3n) is 6.17. The third-order valence-corrected chi connectivity index (χ3v) is 6.17. The van der Waals surface area contributed by atoms with Gasteiger partial charge in [0.2, 0.25) is 0 Å². The molecule has 39 heavy (non-hydrogen) atoms. The second-order valence-electron chi connectivity index (χ2n) is 9.12. The van der Waals surface area contributed by atoms with Crippen molar-refractivity contribution in [3.63, 3.8) is 0 Å². The first-order valence-corrected chi connectivity index (χ1v) is 12.0. The number of carbonyl (C=O) groups is 3. The molecular weight excluding hydrogens is 502 g/mol. The molecule has 2 aromatic carbocycles. The van der Waals surface area contributed by atoms with Crippen LogP contribution in [0, 0.1) is 0 Å². The average molecular weight is 528 g/mol. The number of fused-ring (bicyclic) bond motifs is 2. The van der Waals surface area contributed by atoms with Crippen molar-refractivity contribution in [2.75, 3.05) is 14.1 Å². The molecule has 0 aliphatic carbocycles. The smallest absolute Gasteiger partial charge is 0.408 e. The van der Waals surface area contributed by atoms with Crippen LogP contribution in [0.2, 0.25) is 0 Å². The van der Waals surface area contributed by atoms with Gasteiger partial charge in [-0.2, -0.15) is 5.10 Å². The number of nitrogens with zero attached hydrogens (tertiary/aromatic N) is 5. The van der Waals surface area contributed by atoms with E-state index in [-0.39, 0.29) is 30.4 Å². The lowest BCUT2D eigenvalue weighted by Gasteiger charge is -2.12. The Morgan fingerprint density at radius 1 is 0.949 bits per heavy atom. The summed E-state index contributed by atoms with van der Waals surface area (Å²) >= 11 is 0. The Morgan fingerprint density at radius 3 is 2.46 bits per heavy atom. The fraction of sp³-hybridized carbons (Fsp3) is 0.185. The number of hydrogen-bond donors (Lipinski definition) is 2. The zero-order valence-electron chi connectivity index (χ0n) is 21.5. The SMILES string of the molecule is CN(C)C(=O)c1cccc(CNC(=O)c2cc(C(=O)NCc3ccc4oc(=O)n(C)c4c3)nc3ccnn23)c1. The largest absolute Gasteiger partial charge is 0.419 e. The third kappa shape index (κ3) is 5.12. The summed E-state index contributed by atoms with van der Waals surface area (Å²) in [5.74, 6) is -1.55. The number of carbonyl (C=O) groups excluding carboxylic acids is 3. The summed E-state index contributed by atoms with van der Waals surface area (Å²) in [4.78, 5) is 55.9. The van der Waals surface area contributed by atoms with Gasteiger partial charge in [-0.05, 0) is 35.4 Å². The van der Waals surface area contributed by atoms with E-state index in [1.165, 1.54) is 26.2 Å². The van der Waals surface area contributed by atoms with Crippen LogP contribution in [-0.2, 0) is 20.1 Å². The van der Waals surface area contributed by atoms with E-state index in [1.807, 2.05) is 0 Å². The van der Waals surface area contributed by atoms with Crippen LogP contribution >= 0.6 is 0 Å². The maximum absolute atomic E-state index is 13.1. The summed E-state index contributed by atoms with van der Waals surface area (Å²) in [6.07, 6.45) is 1.49. The first-order valence-electron chi connectivity index (χ1n) is 12.0. The summed E-state index contributed by atoms with van der Waals surface area (Å²) in [5.41, 5.74) is 3.59.